The molecule has 1 amide bonds. The molecule has 0 aliphatic heterocycles. The van der Waals surface area contributed by atoms with E-state index in [2.05, 4.69) is 10.6 Å². The van der Waals surface area contributed by atoms with Gasteiger partial charge in [-0.2, -0.15) is 0 Å². The number of para-hydroxylation sites is 2. The van der Waals surface area contributed by atoms with Crippen LogP contribution in [0.1, 0.15) is 6.42 Å². The summed E-state index contributed by atoms with van der Waals surface area (Å²) in [5.41, 5.74) is 4.98. The highest BCUT2D eigenvalue weighted by Gasteiger charge is 2.26. The maximum atomic E-state index is 12.8. The van der Waals surface area contributed by atoms with E-state index in [0.717, 1.165) is 0 Å². The SMILES string of the molecule is Cl.NCC(F)(F)CNC(=O)CCNc1ccccc1[N+](=O)[O-]. The van der Waals surface area contributed by atoms with E-state index in [9.17, 15) is 23.7 Å². The van der Waals surface area contributed by atoms with Crippen LogP contribution in [-0.4, -0.2) is 36.4 Å². The summed E-state index contributed by atoms with van der Waals surface area (Å²) in [7, 11) is 0. The molecule has 124 valence electrons. The second kappa shape index (κ2) is 9.11. The molecule has 0 radical (unpaired) electrons. The number of nitro groups is 1. The molecule has 0 aliphatic rings. The average molecular weight is 339 g/mol. The normalized spacial score (nSPS) is 10.5. The van der Waals surface area contributed by atoms with Crippen LogP contribution >= 0.6 is 12.4 Å². The number of hydrogen-bond acceptors (Lipinski definition) is 5. The maximum absolute atomic E-state index is 12.8. The fourth-order valence-electron chi connectivity index (χ4n) is 1.48. The lowest BCUT2D eigenvalue weighted by atomic mass is 10.2. The number of nitrogens with two attached hydrogens (primary N) is 1. The first kappa shape index (κ1) is 20.0. The van der Waals surface area contributed by atoms with Crippen molar-refractivity contribution in [1.29, 1.82) is 0 Å². The van der Waals surface area contributed by atoms with Gasteiger partial charge in [-0.1, -0.05) is 12.1 Å². The topological polar surface area (TPSA) is 110 Å². The van der Waals surface area contributed by atoms with Crippen molar-refractivity contribution in [3.8, 4) is 0 Å². The molecule has 0 aromatic heterocycles. The molecule has 0 bridgehead atoms. The molecule has 0 unspecified atom stereocenters. The predicted molar refractivity (Wildman–Crippen MR) is 80.5 cm³/mol. The van der Waals surface area contributed by atoms with Gasteiger partial charge in [-0.25, -0.2) is 8.78 Å². The standard InChI is InChI=1S/C12H16F2N4O3.ClH/c13-12(14,7-15)8-17-11(19)5-6-16-9-3-1-2-4-10(9)18(20)21;/h1-4,16H,5-8,15H2,(H,17,19);1H. The number of carbonyl (C=O) groups is 1. The number of rotatable bonds is 8. The quantitative estimate of drug-likeness (QED) is 0.492. The van der Waals surface area contributed by atoms with Crippen LogP contribution in [0.15, 0.2) is 24.3 Å². The summed E-state index contributed by atoms with van der Waals surface area (Å²) in [6, 6.07) is 5.95. The van der Waals surface area contributed by atoms with Crippen molar-refractivity contribution < 1.29 is 18.5 Å². The Morgan fingerprint density at radius 3 is 2.59 bits per heavy atom. The first-order chi connectivity index (χ1) is 9.85. The number of amides is 1. The van der Waals surface area contributed by atoms with Gasteiger partial charge in [0.25, 0.3) is 11.6 Å². The van der Waals surface area contributed by atoms with Crippen molar-refractivity contribution >= 4 is 29.7 Å². The lowest BCUT2D eigenvalue weighted by molar-refractivity contribution is -0.384. The molecule has 0 atom stereocenters. The first-order valence-electron chi connectivity index (χ1n) is 6.17. The summed E-state index contributed by atoms with van der Waals surface area (Å²) in [6.45, 7) is -1.58. The van der Waals surface area contributed by atoms with Crippen LogP contribution in [0.25, 0.3) is 0 Å². The highest BCUT2D eigenvalue weighted by Crippen LogP contribution is 2.22. The summed E-state index contributed by atoms with van der Waals surface area (Å²) in [6.07, 6.45) is -0.0906. The number of nitro benzene ring substituents is 1. The van der Waals surface area contributed by atoms with E-state index in [-0.39, 0.29) is 36.7 Å². The smallest absolute Gasteiger partial charge is 0.292 e. The van der Waals surface area contributed by atoms with E-state index in [1.807, 2.05) is 0 Å². The lowest BCUT2D eigenvalue weighted by Gasteiger charge is -2.14. The number of alkyl halides is 2. The van der Waals surface area contributed by atoms with E-state index in [1.165, 1.54) is 18.2 Å². The minimum Gasteiger partial charge on any atom is -0.379 e. The highest BCUT2D eigenvalue weighted by molar-refractivity contribution is 5.85. The van der Waals surface area contributed by atoms with Gasteiger partial charge in [0.2, 0.25) is 5.91 Å². The molecule has 22 heavy (non-hydrogen) atoms. The molecule has 0 saturated carbocycles. The van der Waals surface area contributed by atoms with E-state index < -0.39 is 29.8 Å². The molecule has 4 N–H and O–H groups in total. The molecule has 1 rings (SSSR count). The van der Waals surface area contributed by atoms with Crippen LogP contribution < -0.4 is 16.4 Å². The number of anilines is 1. The van der Waals surface area contributed by atoms with Crippen molar-refractivity contribution in [2.45, 2.75) is 12.3 Å². The Morgan fingerprint density at radius 2 is 2.00 bits per heavy atom. The third-order valence-electron chi connectivity index (χ3n) is 2.61. The average Bonchev–Trinajstić information content (AvgIpc) is 2.45. The largest absolute Gasteiger partial charge is 0.379 e. The molecule has 7 nitrogen and oxygen atoms in total. The third kappa shape index (κ3) is 6.64. The molecule has 10 heteroatoms. The third-order valence-corrected chi connectivity index (χ3v) is 2.61. The van der Waals surface area contributed by atoms with Gasteiger partial charge in [0.05, 0.1) is 18.0 Å². The highest BCUT2D eigenvalue weighted by atomic mass is 35.5. The van der Waals surface area contributed by atoms with Crippen LogP contribution in [0.2, 0.25) is 0 Å². The second-order valence-corrected chi connectivity index (χ2v) is 4.29. The summed E-state index contributed by atoms with van der Waals surface area (Å²) in [4.78, 5) is 21.6. The Kier molecular flexibility index (Phi) is 8.28. The van der Waals surface area contributed by atoms with Gasteiger partial charge in [0.15, 0.2) is 0 Å². The van der Waals surface area contributed by atoms with Crippen LogP contribution in [0.3, 0.4) is 0 Å². The van der Waals surface area contributed by atoms with Crippen molar-refractivity contribution in [1.82, 2.24) is 5.32 Å². The summed E-state index contributed by atoms with van der Waals surface area (Å²) in [5, 5.41) is 15.5. The number of hydrogen-bond donors (Lipinski definition) is 3. The van der Waals surface area contributed by atoms with Crippen molar-refractivity contribution in [2.24, 2.45) is 5.73 Å². The number of nitrogens with one attached hydrogen (secondary N) is 2. The van der Waals surface area contributed by atoms with Gasteiger partial charge < -0.3 is 16.4 Å². The molecule has 0 heterocycles. The van der Waals surface area contributed by atoms with E-state index in [1.54, 1.807) is 6.07 Å². The van der Waals surface area contributed by atoms with Gasteiger partial charge in [-0.3, -0.25) is 14.9 Å². The summed E-state index contributed by atoms with van der Waals surface area (Å²) < 4.78 is 25.6. The number of nitrogens with zero attached hydrogens (tertiary/aromatic N) is 1. The van der Waals surface area contributed by atoms with Crippen LogP contribution in [-0.2, 0) is 4.79 Å². The zero-order valence-electron chi connectivity index (χ0n) is 11.6. The minimum atomic E-state index is -3.14. The predicted octanol–water partition coefficient (Wildman–Crippen LogP) is 1.53. The first-order valence-corrected chi connectivity index (χ1v) is 6.17. The molecule has 0 saturated heterocycles. The Labute approximate surface area is 131 Å². The number of halogens is 3. The van der Waals surface area contributed by atoms with Gasteiger partial charge in [0, 0.05) is 19.0 Å². The Morgan fingerprint density at radius 1 is 1.36 bits per heavy atom. The fraction of sp³-hybridized carbons (Fsp3) is 0.417. The number of benzene rings is 1. The lowest BCUT2D eigenvalue weighted by Crippen LogP contribution is -2.41. The molecular weight excluding hydrogens is 322 g/mol. The van der Waals surface area contributed by atoms with Crippen molar-refractivity contribution in [2.75, 3.05) is 25.0 Å². The fourth-order valence-corrected chi connectivity index (χ4v) is 1.48. The van der Waals surface area contributed by atoms with Crippen molar-refractivity contribution in [3.05, 3.63) is 34.4 Å². The maximum Gasteiger partial charge on any atom is 0.292 e. The van der Waals surface area contributed by atoms with Gasteiger partial charge >= 0.3 is 0 Å². The van der Waals surface area contributed by atoms with E-state index in [4.69, 9.17) is 5.73 Å². The molecule has 0 fully saturated rings. The number of carbonyl (C=O) groups excluding carboxylic acids is 1. The van der Waals surface area contributed by atoms with Crippen LogP contribution in [0.5, 0.6) is 0 Å². The Bertz CT molecular complexity index is 517. The molecular formula is C12H17ClF2N4O3. The molecule has 1 aromatic rings. The van der Waals surface area contributed by atoms with Gasteiger partial charge in [-0.05, 0) is 6.07 Å². The van der Waals surface area contributed by atoms with Crippen LogP contribution in [0, 0.1) is 10.1 Å². The Hall–Kier alpha value is -2.00. The van der Waals surface area contributed by atoms with E-state index in [0.29, 0.717) is 0 Å². The summed E-state index contributed by atoms with van der Waals surface area (Å²) >= 11 is 0. The second-order valence-electron chi connectivity index (χ2n) is 4.29. The zero-order valence-corrected chi connectivity index (χ0v) is 12.4. The van der Waals surface area contributed by atoms with Crippen LogP contribution in [0.4, 0.5) is 20.2 Å². The van der Waals surface area contributed by atoms with Gasteiger partial charge in [-0.15, -0.1) is 12.4 Å². The monoisotopic (exact) mass is 338 g/mol. The molecule has 0 spiro atoms. The summed E-state index contributed by atoms with van der Waals surface area (Å²) in [5.74, 6) is -3.73. The zero-order chi connectivity index (χ0) is 15.9. The molecule has 1 aromatic carbocycles. The van der Waals surface area contributed by atoms with E-state index >= 15 is 0 Å². The molecule has 0 aliphatic carbocycles. The van der Waals surface area contributed by atoms with Gasteiger partial charge in [0.1, 0.15) is 5.69 Å². The minimum absolute atomic E-state index is 0. The Balaban J connectivity index is 0.00000441. The van der Waals surface area contributed by atoms with Crippen molar-refractivity contribution in [3.63, 3.8) is 0 Å².